The molecule has 0 radical (unpaired) electrons. The Morgan fingerprint density at radius 3 is 2.27 bits per heavy atom. The average molecular weight is 215 g/mol. The Bertz CT molecular complexity index is 120. The molecule has 0 N–H and O–H groups in total. The lowest BCUT2D eigenvalue weighted by Gasteiger charge is -2.31. The first-order valence-corrected chi connectivity index (χ1v) is 6.58. The van der Waals surface area contributed by atoms with Crippen LogP contribution < -0.4 is 0 Å². The van der Waals surface area contributed by atoms with Crippen LogP contribution in [0.4, 0.5) is 0 Å². The first-order chi connectivity index (χ1) is 7.36. The predicted octanol–water partition coefficient (Wildman–Crippen LogP) is 3.17. The Hall–Kier alpha value is -0.0800. The van der Waals surface area contributed by atoms with Crippen LogP contribution >= 0.6 is 0 Å². The second-order valence-corrected chi connectivity index (χ2v) is 4.07. The third-order valence-electron chi connectivity index (χ3n) is 3.02. The van der Waals surface area contributed by atoms with E-state index in [-0.39, 0.29) is 0 Å². The summed E-state index contributed by atoms with van der Waals surface area (Å²) in [6.45, 7) is 10.9. The van der Waals surface area contributed by atoms with E-state index in [0.717, 1.165) is 19.1 Å². The summed E-state index contributed by atoms with van der Waals surface area (Å²) in [5.74, 6) is 1.00. The fourth-order valence-electron chi connectivity index (χ4n) is 2.13. The standard InChI is InChI=1S/C11H23NO.C2H6/c1-3-4-11-5-7-12(8-6-11)9-10-13-2;1-2/h11H,3-10H2,1-2H3;1-2H3. The first-order valence-electron chi connectivity index (χ1n) is 6.58. The second-order valence-electron chi connectivity index (χ2n) is 4.07. The summed E-state index contributed by atoms with van der Waals surface area (Å²) in [4.78, 5) is 2.52. The molecule has 15 heavy (non-hydrogen) atoms. The molecule has 0 saturated carbocycles. The Kier molecular flexibility index (Phi) is 10.4. The molecule has 2 nitrogen and oxygen atoms in total. The molecule has 1 aliphatic heterocycles. The lowest BCUT2D eigenvalue weighted by Crippen LogP contribution is -2.35. The van der Waals surface area contributed by atoms with Gasteiger partial charge in [-0.15, -0.1) is 0 Å². The van der Waals surface area contributed by atoms with Gasteiger partial charge in [0.1, 0.15) is 0 Å². The van der Waals surface area contributed by atoms with Crippen LogP contribution in [0.15, 0.2) is 0 Å². The largest absolute Gasteiger partial charge is 0.383 e. The minimum atomic E-state index is 0.887. The second kappa shape index (κ2) is 10.4. The number of nitrogens with zero attached hydrogens (tertiary/aromatic N) is 1. The van der Waals surface area contributed by atoms with E-state index < -0.39 is 0 Å². The molecule has 2 heteroatoms. The molecule has 0 aromatic rings. The normalized spacial score (nSPS) is 18.4. The highest BCUT2D eigenvalue weighted by molar-refractivity contribution is 4.71. The maximum Gasteiger partial charge on any atom is 0.0589 e. The van der Waals surface area contributed by atoms with Crippen LogP contribution in [0.2, 0.25) is 0 Å². The van der Waals surface area contributed by atoms with E-state index in [1.54, 1.807) is 7.11 Å². The number of likely N-dealkylation sites (tertiary alicyclic amines) is 1. The monoisotopic (exact) mass is 215 g/mol. The topological polar surface area (TPSA) is 12.5 Å². The Labute approximate surface area is 96.0 Å². The van der Waals surface area contributed by atoms with E-state index in [1.165, 1.54) is 38.8 Å². The number of hydrogen-bond donors (Lipinski definition) is 0. The van der Waals surface area contributed by atoms with Gasteiger partial charge >= 0.3 is 0 Å². The van der Waals surface area contributed by atoms with Crippen LogP contribution in [0.3, 0.4) is 0 Å². The Morgan fingerprint density at radius 2 is 1.80 bits per heavy atom. The zero-order chi connectivity index (χ0) is 11.5. The Balaban J connectivity index is 0.000000921. The third-order valence-corrected chi connectivity index (χ3v) is 3.02. The number of ether oxygens (including phenoxy) is 1. The van der Waals surface area contributed by atoms with Crippen molar-refractivity contribution in [1.82, 2.24) is 4.90 Å². The van der Waals surface area contributed by atoms with Gasteiger partial charge in [0, 0.05) is 13.7 Å². The molecule has 0 spiro atoms. The van der Waals surface area contributed by atoms with Gasteiger partial charge in [0.15, 0.2) is 0 Å². The summed E-state index contributed by atoms with van der Waals surface area (Å²) in [6, 6.07) is 0. The number of hydrogen-bond acceptors (Lipinski definition) is 2. The molecule has 0 unspecified atom stereocenters. The van der Waals surface area contributed by atoms with Crippen molar-refractivity contribution in [1.29, 1.82) is 0 Å². The highest BCUT2D eigenvalue weighted by atomic mass is 16.5. The molecule has 92 valence electrons. The summed E-state index contributed by atoms with van der Waals surface area (Å²) in [5.41, 5.74) is 0. The molecule has 1 rings (SSSR count). The van der Waals surface area contributed by atoms with Crippen molar-refractivity contribution < 1.29 is 4.74 Å². The van der Waals surface area contributed by atoms with E-state index in [4.69, 9.17) is 4.74 Å². The molecule has 0 bridgehead atoms. The van der Waals surface area contributed by atoms with Gasteiger partial charge in [-0.2, -0.15) is 0 Å². The summed E-state index contributed by atoms with van der Waals surface area (Å²) < 4.78 is 5.08. The minimum absolute atomic E-state index is 0.887. The van der Waals surface area contributed by atoms with Gasteiger partial charge in [-0.05, 0) is 31.8 Å². The van der Waals surface area contributed by atoms with Crippen LogP contribution in [-0.2, 0) is 4.74 Å². The lowest BCUT2D eigenvalue weighted by atomic mass is 9.92. The summed E-state index contributed by atoms with van der Waals surface area (Å²) in [7, 11) is 1.78. The molecule has 0 amide bonds. The van der Waals surface area contributed by atoms with E-state index >= 15 is 0 Å². The van der Waals surface area contributed by atoms with Gasteiger partial charge in [-0.3, -0.25) is 0 Å². The quantitative estimate of drug-likeness (QED) is 0.698. The van der Waals surface area contributed by atoms with Gasteiger partial charge in [-0.1, -0.05) is 33.6 Å². The summed E-state index contributed by atoms with van der Waals surface area (Å²) in [6.07, 6.45) is 5.58. The van der Waals surface area contributed by atoms with Crippen molar-refractivity contribution in [3.05, 3.63) is 0 Å². The van der Waals surface area contributed by atoms with Crippen LogP contribution in [0.5, 0.6) is 0 Å². The van der Waals surface area contributed by atoms with Gasteiger partial charge in [-0.25, -0.2) is 0 Å². The van der Waals surface area contributed by atoms with Gasteiger partial charge < -0.3 is 9.64 Å². The first kappa shape index (κ1) is 14.9. The molecule has 1 fully saturated rings. The zero-order valence-corrected chi connectivity index (χ0v) is 11.1. The van der Waals surface area contributed by atoms with E-state index in [0.29, 0.717) is 0 Å². The number of methoxy groups -OCH3 is 1. The summed E-state index contributed by atoms with van der Waals surface area (Å²) in [5, 5.41) is 0. The lowest BCUT2D eigenvalue weighted by molar-refractivity contribution is 0.118. The summed E-state index contributed by atoms with van der Waals surface area (Å²) >= 11 is 0. The van der Waals surface area contributed by atoms with E-state index in [9.17, 15) is 0 Å². The van der Waals surface area contributed by atoms with E-state index in [2.05, 4.69) is 11.8 Å². The van der Waals surface area contributed by atoms with Crippen LogP contribution in [0.25, 0.3) is 0 Å². The maximum absolute atomic E-state index is 5.08. The smallest absolute Gasteiger partial charge is 0.0589 e. The average Bonchev–Trinajstić information content (AvgIpc) is 2.31. The van der Waals surface area contributed by atoms with Crippen molar-refractivity contribution in [2.45, 2.75) is 46.5 Å². The molecule has 1 heterocycles. The fraction of sp³-hybridized carbons (Fsp3) is 1.00. The highest BCUT2D eigenvalue weighted by Crippen LogP contribution is 2.21. The zero-order valence-electron chi connectivity index (χ0n) is 11.1. The molecular formula is C13H29NO. The van der Waals surface area contributed by atoms with Crippen molar-refractivity contribution in [3.63, 3.8) is 0 Å². The van der Waals surface area contributed by atoms with Crippen molar-refractivity contribution >= 4 is 0 Å². The van der Waals surface area contributed by atoms with Crippen LogP contribution in [-0.4, -0.2) is 38.3 Å². The van der Waals surface area contributed by atoms with Crippen molar-refractivity contribution in [2.75, 3.05) is 33.4 Å². The van der Waals surface area contributed by atoms with Gasteiger partial charge in [0.25, 0.3) is 0 Å². The van der Waals surface area contributed by atoms with Gasteiger partial charge in [0.05, 0.1) is 6.61 Å². The van der Waals surface area contributed by atoms with Crippen LogP contribution in [0, 0.1) is 5.92 Å². The molecule has 0 aromatic carbocycles. The molecule has 0 aromatic heterocycles. The molecule has 0 aliphatic carbocycles. The Morgan fingerprint density at radius 1 is 1.20 bits per heavy atom. The predicted molar refractivity (Wildman–Crippen MR) is 67.3 cm³/mol. The maximum atomic E-state index is 5.08. The van der Waals surface area contributed by atoms with Crippen molar-refractivity contribution in [2.24, 2.45) is 5.92 Å². The molecule has 1 saturated heterocycles. The number of piperidine rings is 1. The minimum Gasteiger partial charge on any atom is -0.383 e. The molecular weight excluding hydrogens is 186 g/mol. The fourth-order valence-corrected chi connectivity index (χ4v) is 2.13. The highest BCUT2D eigenvalue weighted by Gasteiger charge is 2.17. The third kappa shape index (κ3) is 6.91. The van der Waals surface area contributed by atoms with Crippen molar-refractivity contribution in [3.8, 4) is 0 Å². The van der Waals surface area contributed by atoms with Crippen LogP contribution in [0.1, 0.15) is 46.5 Å². The molecule has 0 atom stereocenters. The number of rotatable bonds is 5. The molecule has 1 aliphatic rings. The van der Waals surface area contributed by atoms with Gasteiger partial charge in [0.2, 0.25) is 0 Å². The SMILES string of the molecule is CC.CCCC1CCN(CCOC)CC1. The van der Waals surface area contributed by atoms with E-state index in [1.807, 2.05) is 13.8 Å².